The van der Waals surface area contributed by atoms with Crippen LogP contribution in [-0.4, -0.2) is 22.2 Å². The van der Waals surface area contributed by atoms with Crippen LogP contribution in [0.3, 0.4) is 0 Å². The average molecular weight is 291 g/mol. The van der Waals surface area contributed by atoms with Gasteiger partial charge in [0.25, 0.3) is 0 Å². The fraction of sp³-hybridized carbons (Fsp3) is 0. The molecule has 2 aromatic rings. The van der Waals surface area contributed by atoms with E-state index >= 15 is 0 Å². The molecule has 22 heavy (non-hydrogen) atoms. The predicted molar refractivity (Wildman–Crippen MR) is 84.2 cm³/mol. The van der Waals surface area contributed by atoms with Gasteiger partial charge in [0, 0.05) is 10.8 Å². The lowest BCUT2D eigenvalue weighted by Gasteiger charge is -2.13. The second-order valence-electron chi connectivity index (χ2n) is 5.02. The van der Waals surface area contributed by atoms with Gasteiger partial charge >= 0.3 is 7.12 Å². The number of rotatable bonds is 1. The lowest BCUT2D eigenvalue weighted by Crippen LogP contribution is -2.43. The number of hydrogen-bond acceptors (Lipinski definition) is 5. The van der Waals surface area contributed by atoms with E-state index in [1.165, 1.54) is 0 Å². The van der Waals surface area contributed by atoms with Gasteiger partial charge < -0.3 is 14.5 Å². The summed E-state index contributed by atoms with van der Waals surface area (Å²) >= 11 is 0. The van der Waals surface area contributed by atoms with E-state index < -0.39 is 12.5 Å². The Morgan fingerprint density at radius 2 is 1.64 bits per heavy atom. The lowest BCUT2D eigenvalue weighted by atomic mass is 9.76. The van der Waals surface area contributed by atoms with Crippen LogP contribution in [0.1, 0.15) is 0 Å². The molecule has 0 amide bonds. The highest BCUT2D eigenvalue weighted by atomic mass is 16.4. The third-order valence-electron chi connectivity index (χ3n) is 3.70. The molecule has 0 bridgehead atoms. The molecule has 1 heterocycles. The second-order valence-corrected chi connectivity index (χ2v) is 5.02. The molecule has 0 saturated carbocycles. The van der Waals surface area contributed by atoms with Gasteiger partial charge in [-0.25, -0.2) is 4.98 Å². The summed E-state index contributed by atoms with van der Waals surface area (Å²) in [6.45, 7) is 0. The minimum Gasteiger partial charge on any atom is -0.453 e. The van der Waals surface area contributed by atoms with Crippen LogP contribution in [-0.2, 0) is 0 Å². The van der Waals surface area contributed by atoms with Crippen LogP contribution < -0.4 is 10.9 Å². The van der Waals surface area contributed by atoms with Crippen molar-refractivity contribution >= 4 is 34.5 Å². The summed E-state index contributed by atoms with van der Waals surface area (Å²) < 4.78 is 5.75. The molecule has 2 aliphatic rings. The molecular weight excluding hydrogens is 281 g/mol. The van der Waals surface area contributed by atoms with Crippen LogP contribution in [0.2, 0.25) is 0 Å². The van der Waals surface area contributed by atoms with Crippen molar-refractivity contribution in [2.75, 3.05) is 0 Å². The molecule has 0 fully saturated rings. The number of aromatic nitrogens is 1. The van der Waals surface area contributed by atoms with Crippen LogP contribution in [0, 0.1) is 0 Å². The zero-order chi connectivity index (χ0) is 15.3. The number of benzene rings is 3. The van der Waals surface area contributed by atoms with E-state index in [1.807, 2.05) is 6.07 Å². The van der Waals surface area contributed by atoms with Gasteiger partial charge in [0.1, 0.15) is 11.2 Å². The van der Waals surface area contributed by atoms with Gasteiger partial charge in [0.2, 0.25) is 0 Å². The molecule has 0 unspecified atom stereocenters. The number of para-hydroxylation sites is 2. The maximum atomic E-state index is 12.5. The summed E-state index contributed by atoms with van der Waals surface area (Å²) in [7, 11) is -1.92. The van der Waals surface area contributed by atoms with E-state index in [9.17, 15) is 14.8 Å². The van der Waals surface area contributed by atoms with E-state index in [0.29, 0.717) is 27.6 Å². The van der Waals surface area contributed by atoms with Crippen molar-refractivity contribution in [1.82, 2.24) is 4.98 Å². The first-order valence-electron chi connectivity index (χ1n) is 6.77. The molecular formula is C16H10BNO4. The Labute approximate surface area is 124 Å². The van der Waals surface area contributed by atoms with Gasteiger partial charge in [-0.05, 0) is 12.1 Å². The molecule has 4 rings (SSSR count). The van der Waals surface area contributed by atoms with Crippen LogP contribution in [0.15, 0.2) is 57.7 Å². The fourth-order valence-electron chi connectivity index (χ4n) is 2.70. The van der Waals surface area contributed by atoms with Crippen LogP contribution in [0.4, 0.5) is 0 Å². The van der Waals surface area contributed by atoms with Gasteiger partial charge in [-0.1, -0.05) is 36.4 Å². The predicted octanol–water partition coefficient (Wildman–Crippen LogP) is 1.13. The maximum Gasteiger partial charge on any atom is 0.496 e. The first-order chi connectivity index (χ1) is 10.7. The molecule has 0 aromatic heterocycles. The molecule has 2 N–H and O–H groups in total. The normalized spacial score (nSPS) is 11.4. The van der Waals surface area contributed by atoms with Crippen LogP contribution in [0.25, 0.3) is 33.3 Å². The zero-order valence-electron chi connectivity index (χ0n) is 11.4. The average Bonchev–Trinajstić information content (AvgIpc) is 2.53. The largest absolute Gasteiger partial charge is 0.496 e. The van der Waals surface area contributed by atoms with Crippen LogP contribution >= 0.6 is 0 Å². The second kappa shape index (κ2) is 4.66. The first kappa shape index (κ1) is 13.0. The topological polar surface area (TPSA) is 83.6 Å². The molecule has 0 saturated heterocycles. The fourth-order valence-corrected chi connectivity index (χ4v) is 2.70. The van der Waals surface area contributed by atoms with E-state index in [4.69, 9.17) is 4.42 Å². The van der Waals surface area contributed by atoms with E-state index in [2.05, 4.69) is 4.98 Å². The Bertz CT molecular complexity index is 1040. The molecule has 2 aromatic carbocycles. The number of hydrogen-bond donors (Lipinski definition) is 2. The van der Waals surface area contributed by atoms with E-state index in [1.54, 1.807) is 42.5 Å². The molecule has 1 aliphatic heterocycles. The van der Waals surface area contributed by atoms with Gasteiger partial charge in [-0.2, -0.15) is 0 Å². The molecule has 5 nitrogen and oxygen atoms in total. The van der Waals surface area contributed by atoms with Crippen molar-refractivity contribution in [3.63, 3.8) is 0 Å². The van der Waals surface area contributed by atoms with Crippen molar-refractivity contribution < 1.29 is 14.5 Å². The van der Waals surface area contributed by atoms with Crippen LogP contribution in [0.5, 0.6) is 0 Å². The Morgan fingerprint density at radius 3 is 2.41 bits per heavy atom. The SMILES string of the molecule is O=c1c(B(O)O)c2oc3ccccc3nc-2c2ccccc12. The highest BCUT2D eigenvalue weighted by Gasteiger charge is 2.28. The quantitative estimate of drug-likeness (QED) is 0.312. The first-order valence-corrected chi connectivity index (χ1v) is 6.77. The van der Waals surface area contributed by atoms with Crippen molar-refractivity contribution in [2.45, 2.75) is 0 Å². The van der Waals surface area contributed by atoms with E-state index in [0.717, 1.165) is 0 Å². The summed E-state index contributed by atoms with van der Waals surface area (Å²) in [4.78, 5) is 17.0. The number of fused-ring (bicyclic) bond motifs is 4. The smallest absolute Gasteiger partial charge is 0.453 e. The zero-order valence-corrected chi connectivity index (χ0v) is 11.4. The highest BCUT2D eigenvalue weighted by Crippen LogP contribution is 2.28. The third-order valence-corrected chi connectivity index (χ3v) is 3.70. The van der Waals surface area contributed by atoms with Gasteiger partial charge in [-0.3, -0.25) is 4.79 Å². The molecule has 6 heteroatoms. The Balaban J connectivity index is 2.32. The minimum atomic E-state index is -1.92. The monoisotopic (exact) mass is 291 g/mol. The Morgan fingerprint density at radius 1 is 0.955 bits per heavy atom. The Hall–Kier alpha value is -2.70. The van der Waals surface area contributed by atoms with Gasteiger partial charge in [0.15, 0.2) is 16.8 Å². The number of nitrogens with zero attached hydrogens (tertiary/aromatic N) is 1. The molecule has 1 aliphatic carbocycles. The summed E-state index contributed by atoms with van der Waals surface area (Å²) in [6, 6.07) is 14.1. The standard InChI is InChI=1S/C16H10BNO4/c19-15-10-6-2-1-5-9(10)14-16(13(15)17(20)21)22-12-8-4-3-7-11(12)18-14/h1-8,20-21H. The summed E-state index contributed by atoms with van der Waals surface area (Å²) in [6.07, 6.45) is 0. The summed E-state index contributed by atoms with van der Waals surface area (Å²) in [5.41, 5.74) is 0.909. The van der Waals surface area contributed by atoms with Gasteiger partial charge in [-0.15, -0.1) is 0 Å². The molecule has 0 spiro atoms. The minimum absolute atomic E-state index is 0.109. The highest BCUT2D eigenvalue weighted by molar-refractivity contribution is 6.60. The lowest BCUT2D eigenvalue weighted by molar-refractivity contribution is 0.424. The summed E-state index contributed by atoms with van der Waals surface area (Å²) in [5.74, 6) is 0.109. The maximum absolute atomic E-state index is 12.5. The Kier molecular flexibility index (Phi) is 2.75. The van der Waals surface area contributed by atoms with Crippen molar-refractivity contribution in [1.29, 1.82) is 0 Å². The molecule has 106 valence electrons. The summed E-state index contributed by atoms with van der Waals surface area (Å²) in [5, 5.41) is 20.2. The van der Waals surface area contributed by atoms with Crippen molar-refractivity contribution in [3.8, 4) is 11.5 Å². The van der Waals surface area contributed by atoms with Crippen molar-refractivity contribution in [3.05, 3.63) is 58.8 Å². The van der Waals surface area contributed by atoms with Gasteiger partial charge in [0.05, 0.1) is 5.46 Å². The van der Waals surface area contributed by atoms with E-state index in [-0.39, 0.29) is 11.2 Å². The molecule has 0 radical (unpaired) electrons. The van der Waals surface area contributed by atoms with Crippen molar-refractivity contribution in [2.24, 2.45) is 0 Å². The third kappa shape index (κ3) is 1.75. The molecule has 0 atom stereocenters.